The number of rotatable bonds is 1. The maximum Gasteiger partial charge on any atom is 0.238 e. The van der Waals surface area contributed by atoms with Gasteiger partial charge in [-0.15, -0.1) is 6.42 Å². The molecule has 14 heavy (non-hydrogen) atoms. The summed E-state index contributed by atoms with van der Waals surface area (Å²) in [6, 6.07) is 4.41. The van der Waals surface area contributed by atoms with Gasteiger partial charge in [-0.3, -0.25) is 4.79 Å². The average Bonchev–Trinajstić information content (AvgIpc) is 2.20. The van der Waals surface area contributed by atoms with Gasteiger partial charge in [-0.2, -0.15) is 0 Å². The van der Waals surface area contributed by atoms with Crippen LogP contribution in [0.25, 0.3) is 0 Å². The highest BCUT2D eigenvalue weighted by molar-refractivity contribution is 6.09. The van der Waals surface area contributed by atoms with Crippen LogP contribution in [0, 0.1) is 25.1 Å². The molecule has 0 aliphatic rings. The Morgan fingerprint density at radius 3 is 2.50 bits per heavy atom. The molecule has 1 aromatic carbocycles. The van der Waals surface area contributed by atoms with E-state index in [1.165, 1.54) is 12.1 Å². The summed E-state index contributed by atoms with van der Waals surface area (Å²) < 4.78 is 13.0. The van der Waals surface area contributed by atoms with Crippen molar-refractivity contribution in [3.8, 4) is 12.3 Å². The minimum atomic E-state index is -0.606. The zero-order valence-corrected chi connectivity index (χ0v) is 8.60. The van der Waals surface area contributed by atoms with Crippen molar-refractivity contribution >= 4 is 5.78 Å². The first-order chi connectivity index (χ1) is 6.66. The number of benzene rings is 1. The molecule has 0 fully saturated rings. The van der Waals surface area contributed by atoms with E-state index in [0.29, 0.717) is 5.56 Å². The van der Waals surface area contributed by atoms with E-state index >= 15 is 0 Å². The smallest absolute Gasteiger partial charge is 0.238 e. The molecule has 0 heterocycles. The van der Waals surface area contributed by atoms with Crippen LogP contribution in [0.3, 0.4) is 0 Å². The topological polar surface area (TPSA) is 17.1 Å². The number of hydrogen-bond donors (Lipinski definition) is 0. The molecular formula is C12H14FO. The van der Waals surface area contributed by atoms with Gasteiger partial charge in [-0.25, -0.2) is 4.39 Å². The van der Waals surface area contributed by atoms with Crippen LogP contribution in [0.1, 0.15) is 31.2 Å². The molecule has 1 aromatic rings. The summed E-state index contributed by atoms with van der Waals surface area (Å²) in [5.41, 5.74) is 0.568. The first kappa shape index (κ1) is 12.4. The number of carbonyl (C=O) groups excluding carboxylic acids is 1. The Morgan fingerprint density at radius 2 is 2.07 bits per heavy atom. The van der Waals surface area contributed by atoms with Crippen molar-refractivity contribution in [2.45, 2.75) is 20.8 Å². The number of ketones is 1. The van der Waals surface area contributed by atoms with E-state index < -0.39 is 11.6 Å². The second kappa shape index (κ2) is 5.93. The molecule has 0 unspecified atom stereocenters. The third kappa shape index (κ3) is 2.70. The summed E-state index contributed by atoms with van der Waals surface area (Å²) >= 11 is 0. The van der Waals surface area contributed by atoms with Crippen LogP contribution < -0.4 is 0 Å². The molecule has 0 spiro atoms. The van der Waals surface area contributed by atoms with Crippen LogP contribution >= 0.6 is 0 Å². The Balaban J connectivity index is 0. The van der Waals surface area contributed by atoms with Crippen LogP contribution in [0.15, 0.2) is 18.2 Å². The molecule has 0 N–H and O–H groups in total. The van der Waals surface area contributed by atoms with Crippen molar-refractivity contribution < 1.29 is 10.6 Å². The first-order valence-electron chi connectivity index (χ1n) is 4.43. The van der Waals surface area contributed by atoms with Crippen molar-refractivity contribution in [1.82, 2.24) is 0 Å². The Labute approximate surface area is 85.4 Å². The van der Waals surface area contributed by atoms with Crippen LogP contribution in [-0.2, 0) is 0 Å². The summed E-state index contributed by atoms with van der Waals surface area (Å²) in [4.78, 5) is 11.0. The van der Waals surface area contributed by atoms with E-state index in [9.17, 15) is 9.18 Å². The fourth-order valence-corrected chi connectivity index (χ4v) is 0.992. The Kier molecular flexibility index (Phi) is 5.24. The van der Waals surface area contributed by atoms with Gasteiger partial charge in [0.2, 0.25) is 5.78 Å². The van der Waals surface area contributed by atoms with Crippen molar-refractivity contribution in [1.29, 1.82) is 0 Å². The molecule has 0 aliphatic heterocycles. The molecule has 1 rings (SSSR count). The first-order valence-corrected chi connectivity index (χ1v) is 4.43. The fraction of sp³-hybridized carbons (Fsp3) is 0.250. The molecule has 0 saturated heterocycles. The van der Waals surface area contributed by atoms with Gasteiger partial charge >= 0.3 is 0 Å². The number of Topliss-reactive ketones (excluding diaryl/α,β-unsaturated/α-hetero) is 1. The monoisotopic (exact) mass is 193 g/mol. The Hall–Kier alpha value is -1.62. The zero-order valence-electron chi connectivity index (χ0n) is 9.60. The molecule has 1 radical (unpaired) electrons. The predicted octanol–water partition coefficient (Wildman–Crippen LogP) is 3.09. The highest BCUT2D eigenvalue weighted by Crippen LogP contribution is 2.12. The molecular weight excluding hydrogens is 179 g/mol. The van der Waals surface area contributed by atoms with E-state index in [-0.39, 0.29) is 6.99 Å². The van der Waals surface area contributed by atoms with E-state index in [0.717, 1.165) is 0 Å². The van der Waals surface area contributed by atoms with Crippen molar-refractivity contribution in [3.05, 3.63) is 35.1 Å². The number of carbonyl (C=O) groups is 1. The van der Waals surface area contributed by atoms with Crippen LogP contribution in [0.4, 0.5) is 4.39 Å². The fourth-order valence-electron chi connectivity index (χ4n) is 0.992. The number of terminal acetylenes is 1. The molecule has 0 amide bonds. The lowest BCUT2D eigenvalue weighted by molar-refractivity contribution is 0.105. The highest BCUT2D eigenvalue weighted by atomic mass is 19.1. The molecule has 75 valence electrons. The average molecular weight is 193 g/mol. The number of aryl methyl sites for hydroxylation is 1. The standard InChI is InChI=1S/C10H7FO.C2H6.H/c1-3-9(12)10-7(2)5-4-6-8(10)11;1-2;/h1,4-6H,2H3;1-2H3;. The molecule has 0 atom stereocenters. The summed E-state index contributed by atoms with van der Waals surface area (Å²) in [6.45, 7) is 5.65. The van der Waals surface area contributed by atoms with E-state index in [1.807, 2.05) is 19.8 Å². The zero-order chi connectivity index (χ0) is 11.1. The third-order valence-corrected chi connectivity index (χ3v) is 1.58. The second-order valence-electron chi connectivity index (χ2n) is 2.41. The van der Waals surface area contributed by atoms with Crippen LogP contribution in [-0.4, -0.2) is 5.78 Å². The summed E-state index contributed by atoms with van der Waals surface area (Å²) in [5.74, 6) is 0.721. The van der Waals surface area contributed by atoms with Gasteiger partial charge in [0, 0.05) is 1.43 Å². The van der Waals surface area contributed by atoms with Gasteiger partial charge in [0.15, 0.2) is 0 Å². The lowest BCUT2D eigenvalue weighted by atomic mass is 10.0. The minimum absolute atomic E-state index is 0. The minimum Gasteiger partial charge on any atom is -0.279 e. The van der Waals surface area contributed by atoms with Crippen LogP contribution in [0.5, 0.6) is 0 Å². The SMILES string of the molecule is C#CC(=O)c1c(C)cccc1F.CC.[H]. The maximum absolute atomic E-state index is 13.0. The summed E-state index contributed by atoms with van der Waals surface area (Å²) in [5, 5.41) is 0. The molecule has 0 saturated carbocycles. The number of hydrogen-bond acceptors (Lipinski definition) is 1. The molecule has 1 nitrogen and oxygen atoms in total. The maximum atomic E-state index is 13.0. The second-order valence-corrected chi connectivity index (χ2v) is 2.41. The summed E-state index contributed by atoms with van der Waals surface area (Å²) in [6.07, 6.45) is 4.88. The van der Waals surface area contributed by atoms with Crippen molar-refractivity contribution in [2.75, 3.05) is 0 Å². The highest BCUT2D eigenvalue weighted by Gasteiger charge is 2.10. The van der Waals surface area contributed by atoms with Crippen molar-refractivity contribution in [2.24, 2.45) is 0 Å². The van der Waals surface area contributed by atoms with Gasteiger partial charge in [0.1, 0.15) is 5.82 Å². The predicted molar refractivity (Wildman–Crippen MR) is 56.8 cm³/mol. The molecule has 2 heteroatoms. The van der Waals surface area contributed by atoms with E-state index in [1.54, 1.807) is 13.0 Å². The largest absolute Gasteiger partial charge is 0.279 e. The van der Waals surface area contributed by atoms with E-state index in [4.69, 9.17) is 6.42 Å². The van der Waals surface area contributed by atoms with Gasteiger partial charge in [0.25, 0.3) is 0 Å². The Morgan fingerprint density at radius 1 is 1.50 bits per heavy atom. The van der Waals surface area contributed by atoms with Crippen LogP contribution in [0.2, 0.25) is 0 Å². The van der Waals surface area contributed by atoms with Gasteiger partial charge in [-0.05, 0) is 24.5 Å². The van der Waals surface area contributed by atoms with Crippen molar-refractivity contribution in [3.63, 3.8) is 0 Å². The molecule has 0 aliphatic carbocycles. The number of halogens is 1. The normalized spacial score (nSPS) is 8.21. The third-order valence-electron chi connectivity index (χ3n) is 1.58. The summed E-state index contributed by atoms with van der Waals surface area (Å²) in [7, 11) is 0. The van der Waals surface area contributed by atoms with Gasteiger partial charge < -0.3 is 0 Å². The lowest BCUT2D eigenvalue weighted by Gasteiger charge is -2.00. The molecule has 0 bridgehead atoms. The molecule has 0 aromatic heterocycles. The Bertz CT molecular complexity index is 346. The van der Waals surface area contributed by atoms with E-state index in [2.05, 4.69) is 0 Å². The van der Waals surface area contributed by atoms with Gasteiger partial charge in [0.05, 0.1) is 5.56 Å². The van der Waals surface area contributed by atoms with Gasteiger partial charge in [-0.1, -0.05) is 26.0 Å². The quantitative estimate of drug-likeness (QED) is 0.380. The lowest BCUT2D eigenvalue weighted by Crippen LogP contribution is -2.01.